The molecule has 0 aliphatic heterocycles. The molecular formula is C64H49N. The standard InChI is InChI=1S/C64H49N/c1-63(2)58-32-17-16-31-56(58)62-57(47-24-11-5-12-25-47)41-53(43-61(62)63)65(51-36-34-46(35-37-51)44-20-7-3-8-21-44)52-38-39-55-54-30-15-18-33-59(54)64(60(55)42-52,49-27-13-6-14-28-49)50-29-19-26-48(40-50)45-22-9-4-10-23-45/h4-7,9-43H,3,8H2,1-2H3. The molecule has 3 aliphatic carbocycles. The van der Waals surface area contributed by atoms with Crippen LogP contribution in [0.5, 0.6) is 0 Å². The SMILES string of the molecule is CC1(C)c2ccccc2-c2c(-c3ccccc3)cc(N(c3ccc(C4=CCCC=C4)cc3)c3ccc4c(c3)C(c3ccccc3)(c3cccc(-c5ccccc5)c3)c3ccccc3-4)cc21. The average Bonchev–Trinajstić information content (AvgIpc) is 3.80. The third-order valence-electron chi connectivity index (χ3n) is 14.4. The number of nitrogens with zero attached hydrogens (tertiary/aromatic N) is 1. The third-order valence-corrected chi connectivity index (χ3v) is 14.4. The molecule has 0 amide bonds. The zero-order chi connectivity index (χ0) is 43.5. The van der Waals surface area contributed by atoms with Crippen molar-refractivity contribution in [2.24, 2.45) is 0 Å². The van der Waals surface area contributed by atoms with E-state index in [-0.39, 0.29) is 5.41 Å². The second-order valence-corrected chi connectivity index (χ2v) is 18.3. The minimum Gasteiger partial charge on any atom is -0.310 e. The third kappa shape index (κ3) is 6.21. The molecule has 0 fully saturated rings. The number of hydrogen-bond donors (Lipinski definition) is 0. The van der Waals surface area contributed by atoms with Crippen molar-refractivity contribution < 1.29 is 0 Å². The van der Waals surface area contributed by atoms with E-state index in [1.807, 2.05) is 0 Å². The number of fused-ring (bicyclic) bond motifs is 6. The van der Waals surface area contributed by atoms with Crippen LogP contribution in [0.15, 0.2) is 237 Å². The van der Waals surface area contributed by atoms with E-state index in [9.17, 15) is 0 Å². The van der Waals surface area contributed by atoms with Gasteiger partial charge in [-0.2, -0.15) is 0 Å². The molecule has 0 bridgehead atoms. The lowest BCUT2D eigenvalue weighted by Gasteiger charge is -2.35. The first-order chi connectivity index (χ1) is 32.0. The van der Waals surface area contributed by atoms with E-state index >= 15 is 0 Å². The van der Waals surface area contributed by atoms with Gasteiger partial charge in [0.05, 0.1) is 5.41 Å². The Morgan fingerprint density at radius 2 is 0.969 bits per heavy atom. The summed E-state index contributed by atoms with van der Waals surface area (Å²) in [6, 6.07) is 81.8. The van der Waals surface area contributed by atoms with Gasteiger partial charge in [-0.15, -0.1) is 0 Å². The van der Waals surface area contributed by atoms with Crippen LogP contribution in [0.1, 0.15) is 65.6 Å². The largest absolute Gasteiger partial charge is 0.310 e. The van der Waals surface area contributed by atoms with E-state index in [1.54, 1.807) is 0 Å². The Hall–Kier alpha value is -7.74. The average molecular weight is 832 g/mol. The van der Waals surface area contributed by atoms with Crippen molar-refractivity contribution in [3.63, 3.8) is 0 Å². The van der Waals surface area contributed by atoms with Crippen molar-refractivity contribution in [2.45, 2.75) is 37.5 Å². The molecule has 9 aromatic carbocycles. The van der Waals surface area contributed by atoms with Gasteiger partial charge in [0.25, 0.3) is 0 Å². The Morgan fingerprint density at radius 3 is 1.71 bits per heavy atom. The summed E-state index contributed by atoms with van der Waals surface area (Å²) in [6.45, 7) is 4.79. The fourth-order valence-electron chi connectivity index (χ4n) is 11.3. The Morgan fingerprint density at radius 1 is 0.369 bits per heavy atom. The first kappa shape index (κ1) is 38.9. The molecule has 0 saturated heterocycles. The van der Waals surface area contributed by atoms with Crippen LogP contribution in [0.3, 0.4) is 0 Å². The maximum Gasteiger partial charge on any atom is 0.0714 e. The van der Waals surface area contributed by atoms with Crippen LogP contribution < -0.4 is 4.90 Å². The van der Waals surface area contributed by atoms with Gasteiger partial charge in [0.15, 0.2) is 0 Å². The maximum absolute atomic E-state index is 2.51. The van der Waals surface area contributed by atoms with Crippen molar-refractivity contribution in [3.05, 3.63) is 276 Å². The van der Waals surface area contributed by atoms with Crippen molar-refractivity contribution in [2.75, 3.05) is 4.90 Å². The molecule has 12 rings (SSSR count). The molecule has 1 heteroatoms. The van der Waals surface area contributed by atoms with Crippen molar-refractivity contribution >= 4 is 22.6 Å². The number of hydrogen-bond acceptors (Lipinski definition) is 1. The molecule has 0 spiro atoms. The van der Waals surface area contributed by atoms with Gasteiger partial charge in [-0.1, -0.05) is 208 Å². The number of rotatable bonds is 8. The smallest absolute Gasteiger partial charge is 0.0714 e. The molecule has 0 saturated carbocycles. The van der Waals surface area contributed by atoms with Crippen LogP contribution in [0, 0.1) is 0 Å². The quantitative estimate of drug-likeness (QED) is 0.147. The second-order valence-electron chi connectivity index (χ2n) is 18.3. The molecule has 0 aromatic heterocycles. The summed E-state index contributed by atoms with van der Waals surface area (Å²) in [4.78, 5) is 2.51. The normalized spacial score (nSPS) is 16.2. The molecule has 65 heavy (non-hydrogen) atoms. The molecular weight excluding hydrogens is 783 g/mol. The van der Waals surface area contributed by atoms with Crippen LogP contribution in [-0.4, -0.2) is 0 Å². The fraction of sp³-hybridized carbons (Fsp3) is 0.0938. The zero-order valence-electron chi connectivity index (χ0n) is 36.9. The molecule has 0 N–H and O–H groups in total. The van der Waals surface area contributed by atoms with E-state index < -0.39 is 5.41 Å². The summed E-state index contributed by atoms with van der Waals surface area (Å²) >= 11 is 0. The van der Waals surface area contributed by atoms with E-state index in [1.165, 1.54) is 89.0 Å². The lowest BCUT2D eigenvalue weighted by molar-refractivity contribution is 0.660. The summed E-state index contributed by atoms with van der Waals surface area (Å²) in [7, 11) is 0. The summed E-state index contributed by atoms with van der Waals surface area (Å²) < 4.78 is 0. The van der Waals surface area contributed by atoms with Gasteiger partial charge in [-0.05, 0) is 144 Å². The molecule has 1 atom stereocenters. The highest BCUT2D eigenvalue weighted by molar-refractivity contribution is 5.97. The second kappa shape index (κ2) is 15.5. The molecule has 1 nitrogen and oxygen atoms in total. The van der Waals surface area contributed by atoms with Gasteiger partial charge < -0.3 is 4.90 Å². The molecule has 9 aromatic rings. The lowest BCUT2D eigenvalue weighted by atomic mass is 9.67. The maximum atomic E-state index is 2.51. The Balaban J connectivity index is 1.13. The van der Waals surface area contributed by atoms with Crippen LogP contribution in [0.4, 0.5) is 17.1 Å². The number of benzene rings is 9. The van der Waals surface area contributed by atoms with Gasteiger partial charge >= 0.3 is 0 Å². The van der Waals surface area contributed by atoms with Crippen LogP contribution in [0.2, 0.25) is 0 Å². The molecule has 310 valence electrons. The summed E-state index contributed by atoms with van der Waals surface area (Å²) in [5, 5.41) is 0. The van der Waals surface area contributed by atoms with E-state index in [0.29, 0.717) is 0 Å². The Kier molecular flexibility index (Phi) is 9.28. The van der Waals surface area contributed by atoms with Gasteiger partial charge in [0.2, 0.25) is 0 Å². The van der Waals surface area contributed by atoms with Crippen LogP contribution >= 0.6 is 0 Å². The predicted octanol–water partition coefficient (Wildman–Crippen LogP) is 16.9. The minimum absolute atomic E-state index is 0.202. The first-order valence-electron chi connectivity index (χ1n) is 23.1. The monoisotopic (exact) mass is 831 g/mol. The topological polar surface area (TPSA) is 3.24 Å². The highest BCUT2D eigenvalue weighted by atomic mass is 15.1. The molecule has 0 radical (unpaired) electrons. The van der Waals surface area contributed by atoms with Gasteiger partial charge in [-0.25, -0.2) is 0 Å². The van der Waals surface area contributed by atoms with Gasteiger partial charge in [0.1, 0.15) is 0 Å². The van der Waals surface area contributed by atoms with Crippen LogP contribution in [-0.2, 0) is 10.8 Å². The summed E-state index contributed by atoms with van der Waals surface area (Å²) in [5.41, 5.74) is 23.0. The van der Waals surface area contributed by atoms with E-state index in [2.05, 4.69) is 255 Å². The van der Waals surface area contributed by atoms with Crippen molar-refractivity contribution in [3.8, 4) is 44.5 Å². The van der Waals surface area contributed by atoms with E-state index in [0.717, 1.165) is 29.9 Å². The molecule has 1 unspecified atom stereocenters. The first-order valence-corrected chi connectivity index (χ1v) is 23.1. The minimum atomic E-state index is -0.583. The van der Waals surface area contributed by atoms with Gasteiger partial charge in [0, 0.05) is 22.5 Å². The van der Waals surface area contributed by atoms with Gasteiger partial charge in [-0.3, -0.25) is 0 Å². The van der Waals surface area contributed by atoms with E-state index in [4.69, 9.17) is 0 Å². The molecule has 0 heterocycles. The Bertz CT molecular complexity index is 3320. The number of allylic oxidation sites excluding steroid dienone is 4. The van der Waals surface area contributed by atoms with Crippen LogP contribution in [0.25, 0.3) is 50.1 Å². The summed E-state index contributed by atoms with van der Waals surface area (Å²) in [5.74, 6) is 0. The highest BCUT2D eigenvalue weighted by Crippen LogP contribution is 2.59. The number of anilines is 3. The zero-order valence-corrected chi connectivity index (χ0v) is 36.9. The predicted molar refractivity (Wildman–Crippen MR) is 273 cm³/mol. The summed E-state index contributed by atoms with van der Waals surface area (Å²) in [6.07, 6.45) is 9.11. The Labute approximate surface area is 383 Å². The fourth-order valence-corrected chi connectivity index (χ4v) is 11.3. The molecule has 3 aliphatic rings. The van der Waals surface area contributed by atoms with Crippen molar-refractivity contribution in [1.82, 2.24) is 0 Å². The lowest BCUT2D eigenvalue weighted by Crippen LogP contribution is -2.29. The van der Waals surface area contributed by atoms with Crippen molar-refractivity contribution in [1.29, 1.82) is 0 Å². The highest BCUT2D eigenvalue weighted by Gasteiger charge is 2.47.